The second kappa shape index (κ2) is 9.10. The first-order chi connectivity index (χ1) is 12.4. The number of nitrogens with one attached hydrogen (secondary N) is 2. The minimum absolute atomic E-state index is 0.114. The molecule has 1 aliphatic heterocycles. The molecule has 2 atom stereocenters. The van der Waals surface area contributed by atoms with Gasteiger partial charge in [0.2, 0.25) is 10.0 Å². The van der Waals surface area contributed by atoms with Crippen LogP contribution in [0.15, 0.2) is 23.1 Å². The Morgan fingerprint density at radius 3 is 2.85 bits per heavy atom. The first kappa shape index (κ1) is 20.3. The van der Waals surface area contributed by atoms with Crippen LogP contribution in [0.2, 0.25) is 0 Å². The molecular formula is C18H28N4O3S. The van der Waals surface area contributed by atoms with Gasteiger partial charge in [-0.3, -0.25) is 0 Å². The van der Waals surface area contributed by atoms with E-state index in [1.807, 2.05) is 6.07 Å². The Bertz CT molecular complexity index is 745. The summed E-state index contributed by atoms with van der Waals surface area (Å²) in [5.74, 6) is 0.815. The van der Waals surface area contributed by atoms with Crippen LogP contribution in [0.5, 0.6) is 5.75 Å². The zero-order valence-electron chi connectivity index (χ0n) is 15.7. The van der Waals surface area contributed by atoms with Crippen molar-refractivity contribution in [3.8, 4) is 11.9 Å². The monoisotopic (exact) mass is 380 g/mol. The maximum atomic E-state index is 12.8. The molecule has 2 rings (SSSR count). The van der Waals surface area contributed by atoms with E-state index >= 15 is 0 Å². The third kappa shape index (κ3) is 5.26. The van der Waals surface area contributed by atoms with Gasteiger partial charge in [0, 0.05) is 31.4 Å². The fraction of sp³-hybridized carbons (Fsp3) is 0.611. The molecule has 0 amide bonds. The molecule has 1 fully saturated rings. The number of anilines is 1. The van der Waals surface area contributed by atoms with Crippen molar-refractivity contribution in [3.63, 3.8) is 0 Å². The lowest BCUT2D eigenvalue weighted by molar-refractivity contribution is 0.402. The van der Waals surface area contributed by atoms with Crippen LogP contribution in [0, 0.1) is 17.4 Å². The lowest BCUT2D eigenvalue weighted by Crippen LogP contribution is -2.36. The average Bonchev–Trinajstić information content (AvgIpc) is 3.07. The van der Waals surface area contributed by atoms with Crippen molar-refractivity contribution in [2.75, 3.05) is 32.1 Å². The molecule has 7 nitrogen and oxygen atoms in total. The molecule has 1 saturated heterocycles. The van der Waals surface area contributed by atoms with Crippen molar-refractivity contribution >= 4 is 15.7 Å². The number of sulfonamides is 1. The van der Waals surface area contributed by atoms with Gasteiger partial charge in [0.25, 0.3) is 0 Å². The van der Waals surface area contributed by atoms with Gasteiger partial charge in [-0.25, -0.2) is 13.1 Å². The number of nitrogens with zero attached hydrogens (tertiary/aromatic N) is 2. The second-order valence-electron chi connectivity index (χ2n) is 6.79. The normalized spacial score (nSPS) is 18.4. The summed E-state index contributed by atoms with van der Waals surface area (Å²) < 4.78 is 33.6. The molecule has 1 heterocycles. The minimum Gasteiger partial charge on any atom is -0.495 e. The van der Waals surface area contributed by atoms with E-state index in [-0.39, 0.29) is 10.9 Å². The standard InChI is InChI=1S/C18H28N4O3S/c1-4-5-14(2)11-20-15-6-7-17(25-3)18(10-15)26(23,24)21-16-8-9-22(12-16)13-19/h6-7,10,14,16,20-21H,4-5,8-9,11-12H2,1-3H3. The molecule has 8 heteroatoms. The summed E-state index contributed by atoms with van der Waals surface area (Å²) in [5, 5.41) is 12.2. The Balaban J connectivity index is 2.15. The van der Waals surface area contributed by atoms with Crippen molar-refractivity contribution in [3.05, 3.63) is 18.2 Å². The molecule has 0 aromatic heterocycles. The zero-order valence-corrected chi connectivity index (χ0v) is 16.5. The second-order valence-corrected chi connectivity index (χ2v) is 8.48. The van der Waals surface area contributed by atoms with Crippen molar-refractivity contribution < 1.29 is 13.2 Å². The SMILES string of the molecule is CCCC(C)CNc1ccc(OC)c(S(=O)(=O)NC2CCN(C#N)C2)c1. The molecule has 2 unspecified atom stereocenters. The number of benzene rings is 1. The van der Waals surface area contributed by atoms with Crippen LogP contribution in [0.4, 0.5) is 5.69 Å². The smallest absolute Gasteiger partial charge is 0.244 e. The molecule has 0 bridgehead atoms. The highest BCUT2D eigenvalue weighted by molar-refractivity contribution is 7.89. The largest absolute Gasteiger partial charge is 0.495 e. The van der Waals surface area contributed by atoms with Crippen molar-refractivity contribution in [2.45, 2.75) is 44.0 Å². The number of methoxy groups -OCH3 is 1. The van der Waals surface area contributed by atoms with Gasteiger partial charge in [-0.1, -0.05) is 20.3 Å². The van der Waals surface area contributed by atoms with Gasteiger partial charge < -0.3 is 15.0 Å². The van der Waals surface area contributed by atoms with Gasteiger partial charge in [-0.05, 0) is 37.0 Å². The zero-order chi connectivity index (χ0) is 19.2. The Kier molecular flexibility index (Phi) is 7.12. The summed E-state index contributed by atoms with van der Waals surface area (Å²) in [5.41, 5.74) is 0.749. The van der Waals surface area contributed by atoms with Gasteiger partial charge in [0.05, 0.1) is 7.11 Å². The fourth-order valence-electron chi connectivity index (χ4n) is 3.11. The number of rotatable bonds is 9. The van der Waals surface area contributed by atoms with Crippen LogP contribution in [-0.4, -0.2) is 46.1 Å². The van der Waals surface area contributed by atoms with E-state index in [2.05, 4.69) is 30.1 Å². The molecule has 26 heavy (non-hydrogen) atoms. The van der Waals surface area contributed by atoms with Crippen LogP contribution < -0.4 is 14.8 Å². The minimum atomic E-state index is -3.74. The summed E-state index contributed by atoms with van der Waals surface area (Å²) in [7, 11) is -2.28. The van der Waals surface area contributed by atoms with Crippen molar-refractivity contribution in [1.82, 2.24) is 9.62 Å². The van der Waals surface area contributed by atoms with Gasteiger partial charge in [-0.2, -0.15) is 5.26 Å². The van der Waals surface area contributed by atoms with Gasteiger partial charge >= 0.3 is 0 Å². The highest BCUT2D eigenvalue weighted by Crippen LogP contribution is 2.28. The summed E-state index contributed by atoms with van der Waals surface area (Å²) in [6.07, 6.45) is 4.90. The van der Waals surface area contributed by atoms with E-state index in [1.165, 1.54) is 7.11 Å². The molecule has 1 aliphatic rings. The highest BCUT2D eigenvalue weighted by atomic mass is 32.2. The van der Waals surface area contributed by atoms with Crippen molar-refractivity contribution in [2.24, 2.45) is 5.92 Å². The summed E-state index contributed by atoms with van der Waals surface area (Å²) in [4.78, 5) is 1.67. The van der Waals surface area contributed by atoms with E-state index in [0.717, 1.165) is 25.1 Å². The topological polar surface area (TPSA) is 94.5 Å². The quantitative estimate of drug-likeness (QED) is 0.639. The number of hydrogen-bond acceptors (Lipinski definition) is 6. The van der Waals surface area contributed by atoms with Crippen molar-refractivity contribution in [1.29, 1.82) is 5.26 Å². The molecular weight excluding hydrogens is 352 g/mol. The first-order valence-electron chi connectivity index (χ1n) is 8.98. The lowest BCUT2D eigenvalue weighted by atomic mass is 10.1. The maximum Gasteiger partial charge on any atom is 0.244 e. The first-order valence-corrected chi connectivity index (χ1v) is 10.5. The predicted octanol–water partition coefficient (Wildman–Crippen LogP) is 2.38. The Hall–Kier alpha value is -1.98. The molecule has 0 aliphatic carbocycles. The average molecular weight is 381 g/mol. The Labute approximate surface area is 156 Å². The van der Waals surface area contributed by atoms with Crippen LogP contribution in [0.25, 0.3) is 0 Å². The number of hydrogen-bond donors (Lipinski definition) is 2. The lowest BCUT2D eigenvalue weighted by Gasteiger charge is -2.17. The highest BCUT2D eigenvalue weighted by Gasteiger charge is 2.28. The fourth-order valence-corrected chi connectivity index (χ4v) is 4.57. The third-order valence-corrected chi connectivity index (χ3v) is 6.08. The van der Waals surface area contributed by atoms with Gasteiger partial charge in [-0.15, -0.1) is 0 Å². The van der Waals surface area contributed by atoms with E-state index in [9.17, 15) is 8.42 Å². The van der Waals surface area contributed by atoms with Gasteiger partial charge in [0.15, 0.2) is 6.19 Å². The molecule has 0 radical (unpaired) electrons. The van der Waals surface area contributed by atoms with Gasteiger partial charge in [0.1, 0.15) is 10.6 Å². The summed E-state index contributed by atoms with van der Waals surface area (Å²) in [6, 6.07) is 4.82. The summed E-state index contributed by atoms with van der Waals surface area (Å²) >= 11 is 0. The van der Waals surface area contributed by atoms with Crippen LogP contribution in [-0.2, 0) is 10.0 Å². The Morgan fingerprint density at radius 2 is 2.23 bits per heavy atom. The van der Waals surface area contributed by atoms with E-state index < -0.39 is 10.0 Å². The maximum absolute atomic E-state index is 12.8. The van der Waals surface area contributed by atoms with Crippen LogP contribution in [0.3, 0.4) is 0 Å². The van der Waals surface area contributed by atoms with Crippen LogP contribution in [0.1, 0.15) is 33.1 Å². The van der Waals surface area contributed by atoms with Crippen LogP contribution >= 0.6 is 0 Å². The van der Waals surface area contributed by atoms with E-state index in [1.54, 1.807) is 17.0 Å². The third-order valence-electron chi connectivity index (χ3n) is 4.54. The number of ether oxygens (including phenoxy) is 1. The Morgan fingerprint density at radius 1 is 1.46 bits per heavy atom. The van der Waals surface area contributed by atoms with E-state index in [4.69, 9.17) is 10.00 Å². The molecule has 1 aromatic carbocycles. The summed E-state index contributed by atoms with van der Waals surface area (Å²) in [6.45, 7) is 6.06. The molecule has 0 spiro atoms. The molecule has 0 saturated carbocycles. The molecule has 2 N–H and O–H groups in total. The predicted molar refractivity (Wildman–Crippen MR) is 101 cm³/mol. The molecule has 1 aromatic rings. The number of likely N-dealkylation sites (tertiary alicyclic amines) is 1. The number of nitriles is 1. The molecule has 144 valence electrons. The van der Waals surface area contributed by atoms with E-state index in [0.29, 0.717) is 31.2 Å².